The monoisotopic (exact) mass is 206 g/mol. The van der Waals surface area contributed by atoms with Crippen LogP contribution in [0.15, 0.2) is 36.4 Å². The zero-order valence-electron chi connectivity index (χ0n) is 7.81. The second-order valence-electron chi connectivity index (χ2n) is 2.79. The largest absolute Gasteiger partial charge is 0.478 e. The first-order chi connectivity index (χ1) is 7.08. The third-order valence-electron chi connectivity index (χ3n) is 1.53. The molecule has 0 aromatic heterocycles. The van der Waals surface area contributed by atoms with Crippen LogP contribution in [-0.2, 0) is 9.59 Å². The van der Waals surface area contributed by atoms with Gasteiger partial charge in [-0.15, -0.1) is 0 Å². The summed E-state index contributed by atoms with van der Waals surface area (Å²) in [5.74, 6) is -1.68. The molecule has 0 aliphatic heterocycles. The van der Waals surface area contributed by atoms with Gasteiger partial charge in [-0.1, -0.05) is 6.07 Å². The quantitative estimate of drug-likeness (QED) is 0.505. The topological polar surface area (TPSA) is 92.4 Å². The standard InChI is InChI=1S/C10H10N2O3/c11-7-2-1-3-8(6-7)12-9(13)4-5-10(14)15/h1-6H,11H2,(H,12,13)(H,14,15)/b5-4+. The highest BCUT2D eigenvalue weighted by Crippen LogP contribution is 2.11. The van der Waals surface area contributed by atoms with E-state index in [1.54, 1.807) is 24.3 Å². The van der Waals surface area contributed by atoms with Crippen molar-refractivity contribution in [3.05, 3.63) is 36.4 Å². The molecule has 0 bridgehead atoms. The number of carbonyl (C=O) groups is 2. The number of nitrogens with two attached hydrogens (primary N) is 1. The lowest BCUT2D eigenvalue weighted by Crippen LogP contribution is -2.08. The minimum atomic E-state index is -1.17. The maximum Gasteiger partial charge on any atom is 0.328 e. The number of benzene rings is 1. The number of carboxylic acids is 1. The Hall–Kier alpha value is -2.30. The summed E-state index contributed by atoms with van der Waals surface area (Å²) in [6.07, 6.45) is 1.70. The predicted octanol–water partition coefficient (Wildman–Crippen LogP) is 0.848. The third kappa shape index (κ3) is 3.95. The minimum Gasteiger partial charge on any atom is -0.478 e. The van der Waals surface area contributed by atoms with Gasteiger partial charge in [0, 0.05) is 23.5 Å². The molecule has 5 nitrogen and oxygen atoms in total. The molecule has 1 rings (SSSR count). The summed E-state index contributed by atoms with van der Waals surface area (Å²) in [5.41, 5.74) is 6.54. The molecule has 1 aromatic rings. The first-order valence-electron chi connectivity index (χ1n) is 4.15. The predicted molar refractivity (Wildman–Crippen MR) is 56.3 cm³/mol. The molecule has 0 unspecified atom stereocenters. The van der Waals surface area contributed by atoms with Gasteiger partial charge in [-0.25, -0.2) is 4.79 Å². The van der Waals surface area contributed by atoms with E-state index in [4.69, 9.17) is 10.8 Å². The summed E-state index contributed by atoms with van der Waals surface area (Å²) < 4.78 is 0. The number of carboxylic acid groups (broad SMARTS) is 1. The van der Waals surface area contributed by atoms with Crippen LogP contribution in [0.5, 0.6) is 0 Å². The van der Waals surface area contributed by atoms with E-state index < -0.39 is 11.9 Å². The number of aliphatic carboxylic acids is 1. The zero-order chi connectivity index (χ0) is 11.3. The van der Waals surface area contributed by atoms with Crippen molar-refractivity contribution in [2.75, 3.05) is 11.1 Å². The first-order valence-corrected chi connectivity index (χ1v) is 4.15. The summed E-state index contributed by atoms with van der Waals surface area (Å²) in [6.45, 7) is 0. The summed E-state index contributed by atoms with van der Waals surface area (Å²) in [6, 6.07) is 6.60. The lowest BCUT2D eigenvalue weighted by atomic mass is 10.3. The second-order valence-corrected chi connectivity index (χ2v) is 2.79. The fourth-order valence-electron chi connectivity index (χ4n) is 0.947. The van der Waals surface area contributed by atoms with Crippen molar-refractivity contribution in [2.24, 2.45) is 0 Å². The molecule has 0 saturated heterocycles. The Bertz CT molecular complexity index is 413. The number of amides is 1. The van der Waals surface area contributed by atoms with Crippen molar-refractivity contribution < 1.29 is 14.7 Å². The van der Waals surface area contributed by atoms with Crippen LogP contribution in [0, 0.1) is 0 Å². The molecular weight excluding hydrogens is 196 g/mol. The van der Waals surface area contributed by atoms with Crippen molar-refractivity contribution in [3.8, 4) is 0 Å². The highest BCUT2D eigenvalue weighted by atomic mass is 16.4. The number of hydrogen-bond acceptors (Lipinski definition) is 3. The summed E-state index contributed by atoms with van der Waals surface area (Å²) in [5, 5.41) is 10.8. The van der Waals surface area contributed by atoms with Gasteiger partial charge in [-0.2, -0.15) is 0 Å². The molecule has 15 heavy (non-hydrogen) atoms. The Morgan fingerprint density at radius 1 is 1.33 bits per heavy atom. The van der Waals surface area contributed by atoms with Crippen LogP contribution in [0.25, 0.3) is 0 Å². The summed E-state index contributed by atoms with van der Waals surface area (Å²) in [7, 11) is 0. The number of nitrogen functional groups attached to an aromatic ring is 1. The van der Waals surface area contributed by atoms with E-state index in [-0.39, 0.29) is 0 Å². The number of anilines is 2. The van der Waals surface area contributed by atoms with Gasteiger partial charge in [0.1, 0.15) is 0 Å². The van der Waals surface area contributed by atoms with E-state index in [1.807, 2.05) is 0 Å². The molecule has 4 N–H and O–H groups in total. The Kier molecular flexibility index (Phi) is 3.45. The SMILES string of the molecule is Nc1cccc(NC(=O)/C=C/C(=O)O)c1. The summed E-state index contributed by atoms with van der Waals surface area (Å²) >= 11 is 0. The smallest absolute Gasteiger partial charge is 0.328 e. The molecule has 0 aliphatic carbocycles. The second kappa shape index (κ2) is 4.80. The van der Waals surface area contributed by atoms with Gasteiger partial charge < -0.3 is 16.2 Å². The number of nitrogens with one attached hydrogen (secondary N) is 1. The van der Waals surface area contributed by atoms with Crippen LogP contribution in [-0.4, -0.2) is 17.0 Å². The highest BCUT2D eigenvalue weighted by molar-refractivity contribution is 6.02. The Balaban J connectivity index is 2.63. The zero-order valence-corrected chi connectivity index (χ0v) is 7.81. The molecule has 1 amide bonds. The number of hydrogen-bond donors (Lipinski definition) is 3. The van der Waals surface area contributed by atoms with Crippen molar-refractivity contribution in [1.29, 1.82) is 0 Å². The molecule has 0 radical (unpaired) electrons. The van der Waals surface area contributed by atoms with Gasteiger partial charge >= 0.3 is 5.97 Å². The molecule has 5 heteroatoms. The molecule has 0 fully saturated rings. The minimum absolute atomic E-state index is 0.511. The number of rotatable bonds is 3. The van der Waals surface area contributed by atoms with E-state index >= 15 is 0 Å². The van der Waals surface area contributed by atoms with Crippen LogP contribution >= 0.6 is 0 Å². The highest BCUT2D eigenvalue weighted by Gasteiger charge is 1.98. The van der Waals surface area contributed by atoms with Crippen molar-refractivity contribution in [3.63, 3.8) is 0 Å². The molecule has 0 atom stereocenters. The van der Waals surface area contributed by atoms with Crippen molar-refractivity contribution >= 4 is 23.3 Å². The number of carbonyl (C=O) groups excluding carboxylic acids is 1. The molecular formula is C10H10N2O3. The van der Waals surface area contributed by atoms with E-state index in [0.717, 1.165) is 12.2 Å². The maximum absolute atomic E-state index is 11.1. The third-order valence-corrected chi connectivity index (χ3v) is 1.53. The van der Waals surface area contributed by atoms with E-state index in [2.05, 4.69) is 5.32 Å². The van der Waals surface area contributed by atoms with Gasteiger partial charge in [-0.3, -0.25) is 4.79 Å². The molecule has 0 saturated carbocycles. The van der Waals surface area contributed by atoms with E-state index in [0.29, 0.717) is 11.4 Å². The molecule has 78 valence electrons. The lowest BCUT2D eigenvalue weighted by molar-refractivity contribution is -0.131. The molecule has 0 spiro atoms. The molecule has 0 aliphatic rings. The van der Waals surface area contributed by atoms with E-state index in [1.165, 1.54) is 0 Å². The van der Waals surface area contributed by atoms with Gasteiger partial charge in [-0.05, 0) is 18.2 Å². The van der Waals surface area contributed by atoms with Crippen molar-refractivity contribution in [2.45, 2.75) is 0 Å². The van der Waals surface area contributed by atoms with Crippen LogP contribution in [0.3, 0.4) is 0 Å². The Morgan fingerprint density at radius 3 is 2.67 bits per heavy atom. The molecule has 1 aromatic carbocycles. The maximum atomic E-state index is 11.1. The molecule has 0 heterocycles. The van der Waals surface area contributed by atoms with Gasteiger partial charge in [0.2, 0.25) is 5.91 Å². The van der Waals surface area contributed by atoms with E-state index in [9.17, 15) is 9.59 Å². The fourth-order valence-corrected chi connectivity index (χ4v) is 0.947. The van der Waals surface area contributed by atoms with Gasteiger partial charge in [0.05, 0.1) is 0 Å². The van der Waals surface area contributed by atoms with Crippen LogP contribution in [0.2, 0.25) is 0 Å². The normalized spacial score (nSPS) is 10.1. The van der Waals surface area contributed by atoms with Gasteiger partial charge in [0.15, 0.2) is 0 Å². The Labute approximate surface area is 86.2 Å². The summed E-state index contributed by atoms with van der Waals surface area (Å²) in [4.78, 5) is 21.2. The van der Waals surface area contributed by atoms with Crippen LogP contribution < -0.4 is 11.1 Å². The average Bonchev–Trinajstić information content (AvgIpc) is 2.15. The Morgan fingerprint density at radius 2 is 2.07 bits per heavy atom. The fraction of sp³-hybridized carbons (Fsp3) is 0. The first kappa shape index (κ1) is 10.8. The van der Waals surface area contributed by atoms with Crippen LogP contribution in [0.1, 0.15) is 0 Å². The average molecular weight is 206 g/mol. The van der Waals surface area contributed by atoms with Crippen molar-refractivity contribution in [1.82, 2.24) is 0 Å². The van der Waals surface area contributed by atoms with Crippen LogP contribution in [0.4, 0.5) is 11.4 Å². The van der Waals surface area contributed by atoms with Gasteiger partial charge in [0.25, 0.3) is 0 Å². The lowest BCUT2D eigenvalue weighted by Gasteiger charge is -2.01.